The largest absolute Gasteiger partial charge is 0.391 e. The van der Waals surface area contributed by atoms with Crippen molar-refractivity contribution in [1.29, 1.82) is 0 Å². The summed E-state index contributed by atoms with van der Waals surface area (Å²) in [7, 11) is 0. The second kappa shape index (κ2) is 4.40. The second-order valence-corrected chi connectivity index (χ2v) is 3.79. The zero-order valence-electron chi connectivity index (χ0n) is 8.39. The Balaban J connectivity index is 1.98. The molecule has 1 saturated carbocycles. The molecule has 0 unspecified atom stereocenters. The number of aromatic nitrogens is 1. The molecule has 0 aromatic carbocycles. The second-order valence-electron chi connectivity index (χ2n) is 3.79. The molecule has 1 aliphatic carbocycles. The molecule has 0 spiro atoms. The highest BCUT2D eigenvalue weighted by atomic mass is 16.3. The number of nitrogens with zero attached hydrogens (tertiary/aromatic N) is 1. The third-order valence-electron chi connectivity index (χ3n) is 2.69. The van der Waals surface area contributed by atoms with Crippen LogP contribution in [0.15, 0.2) is 24.4 Å². The first-order chi connectivity index (χ1) is 7.27. The van der Waals surface area contributed by atoms with Gasteiger partial charge in [-0.25, -0.2) is 0 Å². The highest BCUT2D eigenvalue weighted by molar-refractivity contribution is 5.92. The van der Waals surface area contributed by atoms with Crippen molar-refractivity contribution in [2.75, 3.05) is 0 Å². The Morgan fingerprint density at radius 1 is 1.47 bits per heavy atom. The third-order valence-corrected chi connectivity index (χ3v) is 2.69. The van der Waals surface area contributed by atoms with Crippen LogP contribution in [0.3, 0.4) is 0 Å². The Kier molecular flexibility index (Phi) is 2.97. The third kappa shape index (κ3) is 2.33. The van der Waals surface area contributed by atoms with Crippen LogP contribution >= 0.6 is 0 Å². The van der Waals surface area contributed by atoms with Gasteiger partial charge >= 0.3 is 0 Å². The monoisotopic (exact) mass is 206 g/mol. The van der Waals surface area contributed by atoms with E-state index in [2.05, 4.69) is 10.3 Å². The summed E-state index contributed by atoms with van der Waals surface area (Å²) in [5.74, 6) is -0.207. The molecule has 4 nitrogen and oxygen atoms in total. The molecule has 1 aromatic rings. The smallest absolute Gasteiger partial charge is 0.270 e. The molecule has 2 N–H and O–H groups in total. The van der Waals surface area contributed by atoms with Gasteiger partial charge in [0.05, 0.1) is 12.1 Å². The van der Waals surface area contributed by atoms with Crippen LogP contribution in [0.4, 0.5) is 0 Å². The van der Waals surface area contributed by atoms with Crippen molar-refractivity contribution in [3.05, 3.63) is 30.1 Å². The standard InChI is InChI=1S/C11H14N2O2/c14-10-6-3-5-8(10)13-11(15)9-4-1-2-7-12-9/h1-2,4,7-8,10,14H,3,5-6H2,(H,13,15)/t8-,10-/m1/s1. The van der Waals surface area contributed by atoms with Crippen molar-refractivity contribution in [2.24, 2.45) is 0 Å². The molecule has 2 atom stereocenters. The van der Waals surface area contributed by atoms with E-state index in [4.69, 9.17) is 0 Å². The van der Waals surface area contributed by atoms with E-state index in [9.17, 15) is 9.90 Å². The van der Waals surface area contributed by atoms with Gasteiger partial charge in [0.1, 0.15) is 5.69 Å². The fraction of sp³-hybridized carbons (Fsp3) is 0.455. The Morgan fingerprint density at radius 2 is 2.33 bits per heavy atom. The molecule has 15 heavy (non-hydrogen) atoms. The van der Waals surface area contributed by atoms with Gasteiger partial charge in [-0.1, -0.05) is 6.07 Å². The molecule has 2 rings (SSSR count). The summed E-state index contributed by atoms with van der Waals surface area (Å²) >= 11 is 0. The number of aliphatic hydroxyl groups excluding tert-OH is 1. The fourth-order valence-electron chi connectivity index (χ4n) is 1.85. The summed E-state index contributed by atoms with van der Waals surface area (Å²) in [5.41, 5.74) is 0.400. The molecular weight excluding hydrogens is 192 g/mol. The summed E-state index contributed by atoms with van der Waals surface area (Å²) in [6.45, 7) is 0. The number of hydrogen-bond donors (Lipinski definition) is 2. The van der Waals surface area contributed by atoms with Crippen molar-refractivity contribution < 1.29 is 9.90 Å². The number of rotatable bonds is 2. The van der Waals surface area contributed by atoms with E-state index in [0.29, 0.717) is 5.69 Å². The SMILES string of the molecule is O=C(N[C@@H]1CCC[C@H]1O)c1ccccn1. The average molecular weight is 206 g/mol. The highest BCUT2D eigenvalue weighted by Crippen LogP contribution is 2.18. The Bertz CT molecular complexity index is 340. The first-order valence-corrected chi connectivity index (χ1v) is 5.17. The molecule has 0 saturated heterocycles. The van der Waals surface area contributed by atoms with E-state index in [-0.39, 0.29) is 11.9 Å². The minimum Gasteiger partial charge on any atom is -0.391 e. The lowest BCUT2D eigenvalue weighted by Crippen LogP contribution is -2.40. The molecule has 0 radical (unpaired) electrons. The van der Waals surface area contributed by atoms with Gasteiger partial charge in [0.2, 0.25) is 0 Å². The Labute approximate surface area is 88.3 Å². The summed E-state index contributed by atoms with van der Waals surface area (Å²) in [5, 5.41) is 12.3. The van der Waals surface area contributed by atoms with E-state index in [1.165, 1.54) is 0 Å². The van der Waals surface area contributed by atoms with Crippen LogP contribution in [-0.2, 0) is 0 Å². The van der Waals surface area contributed by atoms with Gasteiger partial charge in [0.15, 0.2) is 0 Å². The lowest BCUT2D eigenvalue weighted by atomic mass is 10.2. The average Bonchev–Trinajstić information content (AvgIpc) is 2.66. The summed E-state index contributed by atoms with van der Waals surface area (Å²) in [6, 6.07) is 5.09. The zero-order chi connectivity index (χ0) is 10.7. The number of nitrogens with one attached hydrogen (secondary N) is 1. The van der Waals surface area contributed by atoms with Crippen molar-refractivity contribution in [3.8, 4) is 0 Å². The lowest BCUT2D eigenvalue weighted by molar-refractivity contribution is 0.0868. The minimum atomic E-state index is -0.405. The van der Waals surface area contributed by atoms with Crippen LogP contribution in [0, 0.1) is 0 Å². The van der Waals surface area contributed by atoms with Crippen molar-refractivity contribution in [2.45, 2.75) is 31.4 Å². The first-order valence-electron chi connectivity index (χ1n) is 5.17. The summed E-state index contributed by atoms with van der Waals surface area (Å²) in [6.07, 6.45) is 3.76. The minimum absolute atomic E-state index is 0.112. The molecule has 1 aliphatic rings. The molecule has 0 bridgehead atoms. The van der Waals surface area contributed by atoms with Crippen LogP contribution in [-0.4, -0.2) is 28.1 Å². The van der Waals surface area contributed by atoms with E-state index < -0.39 is 6.10 Å². The molecule has 4 heteroatoms. The lowest BCUT2D eigenvalue weighted by Gasteiger charge is -2.15. The quantitative estimate of drug-likeness (QED) is 0.749. The number of hydrogen-bond acceptors (Lipinski definition) is 3. The van der Waals surface area contributed by atoms with Crippen LogP contribution in [0.25, 0.3) is 0 Å². The molecule has 1 aromatic heterocycles. The molecule has 80 valence electrons. The predicted molar refractivity (Wildman–Crippen MR) is 55.3 cm³/mol. The highest BCUT2D eigenvalue weighted by Gasteiger charge is 2.26. The van der Waals surface area contributed by atoms with Crippen LogP contribution in [0.2, 0.25) is 0 Å². The van der Waals surface area contributed by atoms with E-state index in [1.807, 2.05) is 0 Å². The number of carbonyl (C=O) groups excluding carboxylic acids is 1. The Morgan fingerprint density at radius 3 is 2.93 bits per heavy atom. The molecule has 1 amide bonds. The maximum Gasteiger partial charge on any atom is 0.270 e. The van der Waals surface area contributed by atoms with Crippen molar-refractivity contribution in [3.63, 3.8) is 0 Å². The first kappa shape index (κ1) is 10.1. The maximum atomic E-state index is 11.7. The van der Waals surface area contributed by atoms with Crippen LogP contribution < -0.4 is 5.32 Å². The number of pyridine rings is 1. The van der Waals surface area contributed by atoms with E-state index in [1.54, 1.807) is 24.4 Å². The van der Waals surface area contributed by atoms with Crippen molar-refractivity contribution >= 4 is 5.91 Å². The molecule has 0 aliphatic heterocycles. The van der Waals surface area contributed by atoms with E-state index >= 15 is 0 Å². The fourth-order valence-corrected chi connectivity index (χ4v) is 1.85. The van der Waals surface area contributed by atoms with Gasteiger partial charge < -0.3 is 10.4 Å². The van der Waals surface area contributed by atoms with E-state index in [0.717, 1.165) is 19.3 Å². The van der Waals surface area contributed by atoms with Gasteiger partial charge in [0.25, 0.3) is 5.91 Å². The van der Waals surface area contributed by atoms with Gasteiger partial charge in [-0.05, 0) is 31.4 Å². The molecule has 1 heterocycles. The van der Waals surface area contributed by atoms with Gasteiger partial charge in [0, 0.05) is 6.20 Å². The van der Waals surface area contributed by atoms with Gasteiger partial charge in [-0.15, -0.1) is 0 Å². The van der Waals surface area contributed by atoms with Crippen LogP contribution in [0.1, 0.15) is 29.8 Å². The summed E-state index contributed by atoms with van der Waals surface area (Å²) in [4.78, 5) is 15.6. The summed E-state index contributed by atoms with van der Waals surface area (Å²) < 4.78 is 0. The predicted octanol–water partition coefficient (Wildman–Crippen LogP) is 0.725. The normalized spacial score (nSPS) is 25.1. The number of carbonyl (C=O) groups is 1. The van der Waals surface area contributed by atoms with Gasteiger partial charge in [-0.3, -0.25) is 9.78 Å². The number of amides is 1. The topological polar surface area (TPSA) is 62.2 Å². The molecule has 1 fully saturated rings. The molecular formula is C11H14N2O2. The Hall–Kier alpha value is -1.42. The zero-order valence-corrected chi connectivity index (χ0v) is 8.39. The maximum absolute atomic E-state index is 11.7. The number of aliphatic hydroxyl groups is 1. The van der Waals surface area contributed by atoms with Gasteiger partial charge in [-0.2, -0.15) is 0 Å². The van der Waals surface area contributed by atoms with Crippen LogP contribution in [0.5, 0.6) is 0 Å². The van der Waals surface area contributed by atoms with Crippen molar-refractivity contribution in [1.82, 2.24) is 10.3 Å².